The molecule has 0 spiro atoms. The number of likely N-dealkylation sites (N-methyl/N-ethyl adjacent to an activating group) is 1. The predicted molar refractivity (Wildman–Crippen MR) is 62.6 cm³/mol. The van der Waals surface area contributed by atoms with Crippen LogP contribution in [0, 0.1) is 6.92 Å². The Morgan fingerprint density at radius 2 is 2.50 bits per heavy atom. The van der Waals surface area contributed by atoms with Crippen molar-refractivity contribution in [3.05, 3.63) is 18.1 Å². The molecule has 1 fully saturated rings. The van der Waals surface area contributed by atoms with E-state index in [0.717, 1.165) is 37.9 Å². The summed E-state index contributed by atoms with van der Waals surface area (Å²) in [4.78, 5) is 10.6. The molecular weight excluding hydrogens is 204 g/mol. The van der Waals surface area contributed by atoms with E-state index in [0.29, 0.717) is 0 Å². The molecule has 0 bridgehead atoms. The standard InChI is InChI=1S/C11H18N4O/c1-9-13-4-3-11(14-9)15(2)8-10-7-12-5-6-16-10/h3-4,10,12H,5-8H2,1-2H3. The van der Waals surface area contributed by atoms with Crippen LogP contribution in [0.15, 0.2) is 12.3 Å². The number of anilines is 1. The van der Waals surface area contributed by atoms with Crippen molar-refractivity contribution in [2.24, 2.45) is 0 Å². The summed E-state index contributed by atoms with van der Waals surface area (Å²) in [7, 11) is 2.03. The lowest BCUT2D eigenvalue weighted by molar-refractivity contribution is 0.0339. The quantitative estimate of drug-likeness (QED) is 0.792. The third kappa shape index (κ3) is 2.90. The van der Waals surface area contributed by atoms with Crippen molar-refractivity contribution in [1.82, 2.24) is 15.3 Å². The van der Waals surface area contributed by atoms with E-state index >= 15 is 0 Å². The summed E-state index contributed by atoms with van der Waals surface area (Å²) in [6.07, 6.45) is 2.03. The third-order valence-electron chi connectivity index (χ3n) is 2.63. The van der Waals surface area contributed by atoms with E-state index in [2.05, 4.69) is 20.2 Å². The van der Waals surface area contributed by atoms with Gasteiger partial charge >= 0.3 is 0 Å². The number of nitrogens with one attached hydrogen (secondary N) is 1. The van der Waals surface area contributed by atoms with Crippen LogP contribution in [0.3, 0.4) is 0 Å². The molecule has 1 N–H and O–H groups in total. The summed E-state index contributed by atoms with van der Waals surface area (Å²) >= 11 is 0. The monoisotopic (exact) mass is 222 g/mol. The highest BCUT2D eigenvalue weighted by molar-refractivity contribution is 5.36. The van der Waals surface area contributed by atoms with Crippen LogP contribution in [0.2, 0.25) is 0 Å². The average Bonchev–Trinajstić information content (AvgIpc) is 2.30. The Kier molecular flexibility index (Phi) is 3.69. The van der Waals surface area contributed by atoms with E-state index in [1.807, 2.05) is 20.0 Å². The Labute approximate surface area is 95.8 Å². The zero-order valence-electron chi connectivity index (χ0n) is 9.81. The van der Waals surface area contributed by atoms with Gasteiger partial charge in [0.05, 0.1) is 12.7 Å². The normalized spacial score (nSPS) is 20.8. The van der Waals surface area contributed by atoms with Gasteiger partial charge in [0.2, 0.25) is 0 Å². The molecule has 0 aliphatic carbocycles. The molecule has 1 aliphatic heterocycles. The van der Waals surface area contributed by atoms with Crippen LogP contribution in [0.25, 0.3) is 0 Å². The van der Waals surface area contributed by atoms with Crippen molar-refractivity contribution >= 4 is 5.82 Å². The number of aromatic nitrogens is 2. The van der Waals surface area contributed by atoms with Gasteiger partial charge in [-0.2, -0.15) is 0 Å². The van der Waals surface area contributed by atoms with Crippen molar-refractivity contribution < 1.29 is 4.74 Å². The molecule has 88 valence electrons. The molecule has 5 nitrogen and oxygen atoms in total. The van der Waals surface area contributed by atoms with Crippen molar-refractivity contribution in [1.29, 1.82) is 0 Å². The predicted octanol–water partition coefficient (Wildman–Crippen LogP) is 0.210. The van der Waals surface area contributed by atoms with Crippen molar-refractivity contribution in [3.8, 4) is 0 Å². The second kappa shape index (κ2) is 5.23. The second-order valence-corrected chi connectivity index (χ2v) is 4.04. The Hall–Kier alpha value is -1.20. The van der Waals surface area contributed by atoms with Crippen LogP contribution >= 0.6 is 0 Å². The van der Waals surface area contributed by atoms with Gasteiger partial charge in [-0.1, -0.05) is 0 Å². The first-order chi connectivity index (χ1) is 7.75. The van der Waals surface area contributed by atoms with Gasteiger partial charge in [-0.05, 0) is 13.0 Å². The zero-order valence-corrected chi connectivity index (χ0v) is 9.81. The first kappa shape index (κ1) is 11.3. The van der Waals surface area contributed by atoms with Gasteiger partial charge in [0.25, 0.3) is 0 Å². The molecule has 1 aromatic rings. The molecule has 5 heteroatoms. The minimum absolute atomic E-state index is 0.244. The lowest BCUT2D eigenvalue weighted by Gasteiger charge is -2.28. The first-order valence-corrected chi connectivity index (χ1v) is 5.59. The fourth-order valence-corrected chi connectivity index (χ4v) is 1.79. The molecule has 0 aromatic carbocycles. The molecule has 1 atom stereocenters. The number of hydrogen-bond acceptors (Lipinski definition) is 5. The van der Waals surface area contributed by atoms with Gasteiger partial charge in [-0.25, -0.2) is 9.97 Å². The maximum atomic E-state index is 5.65. The van der Waals surface area contributed by atoms with E-state index < -0.39 is 0 Å². The van der Waals surface area contributed by atoms with E-state index in [-0.39, 0.29) is 6.10 Å². The number of rotatable bonds is 3. The fourth-order valence-electron chi connectivity index (χ4n) is 1.79. The molecule has 2 heterocycles. The molecule has 1 aliphatic rings. The van der Waals surface area contributed by atoms with Crippen molar-refractivity contribution in [2.75, 3.05) is 38.2 Å². The lowest BCUT2D eigenvalue weighted by Crippen LogP contribution is -2.44. The number of hydrogen-bond donors (Lipinski definition) is 1. The minimum Gasteiger partial charge on any atom is -0.374 e. The summed E-state index contributed by atoms with van der Waals surface area (Å²) in [6.45, 7) is 5.40. The van der Waals surface area contributed by atoms with Gasteiger partial charge in [-0.15, -0.1) is 0 Å². The Morgan fingerprint density at radius 1 is 1.62 bits per heavy atom. The highest BCUT2D eigenvalue weighted by Crippen LogP contribution is 2.09. The summed E-state index contributed by atoms with van der Waals surface area (Å²) in [6, 6.07) is 1.92. The Bertz CT molecular complexity index is 339. The minimum atomic E-state index is 0.244. The van der Waals surface area contributed by atoms with Crippen molar-refractivity contribution in [3.63, 3.8) is 0 Å². The van der Waals surface area contributed by atoms with Crippen LogP contribution in [0.1, 0.15) is 5.82 Å². The molecule has 0 radical (unpaired) electrons. The summed E-state index contributed by atoms with van der Waals surface area (Å²) in [5.41, 5.74) is 0. The highest BCUT2D eigenvalue weighted by Gasteiger charge is 2.16. The zero-order chi connectivity index (χ0) is 11.4. The van der Waals surface area contributed by atoms with E-state index in [1.165, 1.54) is 0 Å². The molecule has 0 amide bonds. The third-order valence-corrected chi connectivity index (χ3v) is 2.63. The summed E-state index contributed by atoms with van der Waals surface area (Å²) in [5, 5.41) is 3.32. The number of aryl methyl sites for hydroxylation is 1. The van der Waals surface area contributed by atoms with Gasteiger partial charge in [0.15, 0.2) is 0 Å². The second-order valence-electron chi connectivity index (χ2n) is 4.04. The molecule has 1 aromatic heterocycles. The molecular formula is C11H18N4O. The van der Waals surface area contributed by atoms with Crippen LogP contribution in [0.5, 0.6) is 0 Å². The maximum absolute atomic E-state index is 5.65. The van der Waals surface area contributed by atoms with E-state index in [4.69, 9.17) is 4.74 Å². The first-order valence-electron chi connectivity index (χ1n) is 5.59. The van der Waals surface area contributed by atoms with Gasteiger partial charge in [-0.3, -0.25) is 0 Å². The molecule has 16 heavy (non-hydrogen) atoms. The van der Waals surface area contributed by atoms with E-state index in [9.17, 15) is 0 Å². The van der Waals surface area contributed by atoms with Crippen LogP contribution < -0.4 is 10.2 Å². The SMILES string of the molecule is Cc1nccc(N(C)CC2CNCCO2)n1. The molecule has 0 saturated carbocycles. The number of nitrogens with zero attached hydrogens (tertiary/aromatic N) is 3. The van der Waals surface area contributed by atoms with Crippen molar-refractivity contribution in [2.45, 2.75) is 13.0 Å². The number of ether oxygens (including phenoxy) is 1. The van der Waals surface area contributed by atoms with Gasteiger partial charge in [0.1, 0.15) is 11.6 Å². The summed E-state index contributed by atoms with van der Waals surface area (Å²) in [5.74, 6) is 1.74. The van der Waals surface area contributed by atoms with Gasteiger partial charge < -0.3 is 15.0 Å². The van der Waals surface area contributed by atoms with E-state index in [1.54, 1.807) is 6.20 Å². The average molecular weight is 222 g/mol. The van der Waals surface area contributed by atoms with Crippen LogP contribution in [-0.4, -0.2) is 49.4 Å². The number of morpholine rings is 1. The molecule has 1 unspecified atom stereocenters. The molecule has 1 saturated heterocycles. The Morgan fingerprint density at radius 3 is 3.19 bits per heavy atom. The van der Waals surface area contributed by atoms with Gasteiger partial charge in [0, 0.05) is 32.9 Å². The summed E-state index contributed by atoms with van der Waals surface area (Å²) < 4.78 is 5.65. The topological polar surface area (TPSA) is 50.3 Å². The largest absolute Gasteiger partial charge is 0.374 e. The Balaban J connectivity index is 1.94. The fraction of sp³-hybridized carbons (Fsp3) is 0.636. The smallest absolute Gasteiger partial charge is 0.132 e. The highest BCUT2D eigenvalue weighted by atomic mass is 16.5. The lowest BCUT2D eigenvalue weighted by atomic mass is 10.3. The van der Waals surface area contributed by atoms with Crippen LogP contribution in [0.4, 0.5) is 5.82 Å². The molecule has 2 rings (SSSR count). The van der Waals surface area contributed by atoms with Crippen LogP contribution in [-0.2, 0) is 4.74 Å². The maximum Gasteiger partial charge on any atom is 0.132 e.